The first-order valence-electron chi connectivity index (χ1n) is 7.88. The molecule has 0 atom stereocenters. The molecule has 0 aromatic carbocycles. The van der Waals surface area contributed by atoms with Gasteiger partial charge in [-0.25, -0.2) is 4.98 Å². The third kappa shape index (κ3) is 4.85. The van der Waals surface area contributed by atoms with Crippen molar-refractivity contribution >= 4 is 34.8 Å². The van der Waals surface area contributed by atoms with Gasteiger partial charge in [-0.2, -0.15) is 13.2 Å². The van der Waals surface area contributed by atoms with Crippen LogP contribution in [0.2, 0.25) is 0 Å². The summed E-state index contributed by atoms with van der Waals surface area (Å²) in [4.78, 5) is 20.0. The Bertz CT molecular complexity index is 724. The Morgan fingerprint density at radius 3 is 2.73 bits per heavy atom. The highest BCUT2D eigenvalue weighted by Gasteiger charge is 2.31. The Balaban J connectivity index is 1.55. The molecule has 11 heteroatoms. The van der Waals surface area contributed by atoms with Crippen LogP contribution in [0.5, 0.6) is 0 Å². The molecule has 1 aliphatic heterocycles. The van der Waals surface area contributed by atoms with Crippen molar-refractivity contribution in [1.82, 2.24) is 20.1 Å². The lowest BCUT2D eigenvalue weighted by Crippen LogP contribution is -2.36. The van der Waals surface area contributed by atoms with Gasteiger partial charge in [0.2, 0.25) is 5.91 Å². The van der Waals surface area contributed by atoms with E-state index in [2.05, 4.69) is 15.2 Å². The average molecular weight is 403 g/mol. The van der Waals surface area contributed by atoms with Crippen LogP contribution in [0.25, 0.3) is 0 Å². The number of pyridine rings is 1. The number of carbonyl (C=O) groups excluding carboxylic acids is 1. The minimum absolute atomic E-state index is 0.0208. The molecule has 0 aliphatic carbocycles. The maximum absolute atomic E-state index is 12.6. The van der Waals surface area contributed by atoms with E-state index in [0.717, 1.165) is 23.0 Å². The first kappa shape index (κ1) is 18.9. The Morgan fingerprint density at radius 2 is 2.08 bits per heavy atom. The van der Waals surface area contributed by atoms with Gasteiger partial charge in [-0.3, -0.25) is 4.79 Å². The summed E-state index contributed by atoms with van der Waals surface area (Å²) in [5.74, 6) is 0.816. The van der Waals surface area contributed by atoms with E-state index < -0.39 is 11.7 Å². The number of rotatable bonds is 4. The Labute approximate surface area is 156 Å². The number of alkyl halides is 3. The van der Waals surface area contributed by atoms with E-state index >= 15 is 0 Å². The van der Waals surface area contributed by atoms with Gasteiger partial charge in [0.15, 0.2) is 4.34 Å². The lowest BCUT2D eigenvalue weighted by Gasteiger charge is -2.23. The van der Waals surface area contributed by atoms with E-state index in [1.54, 1.807) is 10.4 Å². The van der Waals surface area contributed by atoms with Crippen LogP contribution in [0.3, 0.4) is 0 Å². The van der Waals surface area contributed by atoms with Crippen molar-refractivity contribution in [3.8, 4) is 0 Å². The molecule has 0 radical (unpaired) electrons. The van der Waals surface area contributed by atoms with Gasteiger partial charge in [-0.15, -0.1) is 10.2 Å². The van der Waals surface area contributed by atoms with E-state index in [0.29, 0.717) is 37.7 Å². The Hall–Kier alpha value is -1.88. The molecular weight excluding hydrogens is 387 g/mol. The van der Waals surface area contributed by atoms with E-state index in [4.69, 9.17) is 0 Å². The quantitative estimate of drug-likeness (QED) is 0.732. The van der Waals surface area contributed by atoms with Crippen LogP contribution in [0.15, 0.2) is 28.2 Å². The smallest absolute Gasteiger partial charge is 0.355 e. The number of hydrogen-bond donors (Lipinski definition) is 0. The molecule has 0 N–H and O–H groups in total. The maximum Gasteiger partial charge on any atom is 0.417 e. The van der Waals surface area contributed by atoms with E-state index in [9.17, 15) is 18.0 Å². The molecule has 26 heavy (non-hydrogen) atoms. The number of thioether (sulfide) groups is 1. The molecule has 0 spiro atoms. The molecule has 1 saturated heterocycles. The second-order valence-electron chi connectivity index (χ2n) is 5.62. The van der Waals surface area contributed by atoms with Crippen molar-refractivity contribution in [2.24, 2.45) is 0 Å². The SMILES string of the molecule is O=C(CSc1nncs1)N1CCCN(c2ccc(C(F)(F)F)cn2)CC1. The fourth-order valence-electron chi connectivity index (χ4n) is 2.58. The van der Waals surface area contributed by atoms with Crippen LogP contribution in [-0.2, 0) is 11.0 Å². The van der Waals surface area contributed by atoms with Crippen molar-refractivity contribution in [3.05, 3.63) is 29.4 Å². The second kappa shape index (κ2) is 8.21. The minimum Gasteiger partial charge on any atom is -0.355 e. The first-order valence-corrected chi connectivity index (χ1v) is 9.75. The minimum atomic E-state index is -4.39. The zero-order chi connectivity index (χ0) is 18.6. The van der Waals surface area contributed by atoms with Crippen LogP contribution in [-0.4, -0.2) is 57.9 Å². The van der Waals surface area contributed by atoms with Gasteiger partial charge in [-0.05, 0) is 18.6 Å². The number of hydrogen-bond acceptors (Lipinski definition) is 7. The van der Waals surface area contributed by atoms with Crippen molar-refractivity contribution in [2.75, 3.05) is 36.8 Å². The predicted octanol–water partition coefficient (Wildman–Crippen LogP) is 2.78. The number of nitrogens with zero attached hydrogens (tertiary/aromatic N) is 5. The first-order chi connectivity index (χ1) is 12.4. The molecule has 0 unspecified atom stereocenters. The Kier molecular flexibility index (Phi) is 5.97. The highest BCUT2D eigenvalue weighted by Crippen LogP contribution is 2.29. The van der Waals surface area contributed by atoms with Crippen LogP contribution >= 0.6 is 23.1 Å². The molecule has 1 aliphatic rings. The lowest BCUT2D eigenvalue weighted by atomic mass is 10.2. The lowest BCUT2D eigenvalue weighted by molar-refractivity contribution is -0.137. The van der Waals surface area contributed by atoms with Gasteiger partial charge in [0.1, 0.15) is 11.3 Å². The summed E-state index contributed by atoms with van der Waals surface area (Å²) in [5.41, 5.74) is 0.856. The van der Waals surface area contributed by atoms with Crippen molar-refractivity contribution < 1.29 is 18.0 Å². The molecule has 6 nitrogen and oxygen atoms in total. The third-order valence-corrected chi connectivity index (χ3v) is 5.75. The molecule has 1 fully saturated rings. The summed E-state index contributed by atoms with van der Waals surface area (Å²) in [5, 5.41) is 7.62. The summed E-state index contributed by atoms with van der Waals surface area (Å²) in [6.45, 7) is 2.31. The molecule has 2 aromatic heterocycles. The summed E-state index contributed by atoms with van der Waals surface area (Å²) in [6, 6.07) is 2.42. The fraction of sp³-hybridized carbons (Fsp3) is 0.467. The van der Waals surface area contributed by atoms with Gasteiger partial charge < -0.3 is 9.80 Å². The fourth-order valence-corrected chi connectivity index (χ4v) is 3.97. The Morgan fingerprint density at radius 1 is 1.23 bits per heavy atom. The molecule has 3 rings (SSSR count). The predicted molar refractivity (Wildman–Crippen MR) is 93.3 cm³/mol. The molecule has 140 valence electrons. The van der Waals surface area contributed by atoms with Crippen LogP contribution in [0.1, 0.15) is 12.0 Å². The molecule has 1 amide bonds. The zero-order valence-corrected chi connectivity index (χ0v) is 15.3. The van der Waals surface area contributed by atoms with Crippen LogP contribution in [0, 0.1) is 0 Å². The van der Waals surface area contributed by atoms with Crippen molar-refractivity contribution in [2.45, 2.75) is 16.9 Å². The van der Waals surface area contributed by atoms with E-state index in [1.165, 1.54) is 29.2 Å². The normalized spacial score (nSPS) is 15.8. The van der Waals surface area contributed by atoms with Crippen LogP contribution in [0.4, 0.5) is 19.0 Å². The number of carbonyl (C=O) groups is 1. The van der Waals surface area contributed by atoms with Crippen LogP contribution < -0.4 is 4.90 Å². The molecule has 3 heterocycles. The summed E-state index contributed by atoms with van der Waals surface area (Å²) in [6.07, 6.45) is -2.81. The molecule has 0 bridgehead atoms. The molecule has 0 saturated carbocycles. The number of aromatic nitrogens is 3. The summed E-state index contributed by atoms with van der Waals surface area (Å²) >= 11 is 2.75. The maximum atomic E-state index is 12.6. The van der Waals surface area contributed by atoms with Gasteiger partial charge in [0.05, 0.1) is 11.3 Å². The standard InChI is InChI=1S/C15H16F3N5OS2/c16-15(17,18)11-2-3-12(19-8-11)22-4-1-5-23(7-6-22)13(24)9-25-14-21-20-10-26-14/h2-3,8,10H,1,4-7,9H2. The monoisotopic (exact) mass is 403 g/mol. The highest BCUT2D eigenvalue weighted by molar-refractivity contribution is 8.01. The number of anilines is 1. The second-order valence-corrected chi connectivity index (χ2v) is 7.67. The summed E-state index contributed by atoms with van der Waals surface area (Å²) < 4.78 is 38.7. The number of halogens is 3. The topological polar surface area (TPSA) is 62.2 Å². The molecular formula is C15H16F3N5OS2. The van der Waals surface area contributed by atoms with E-state index in [-0.39, 0.29) is 5.91 Å². The third-order valence-electron chi connectivity index (χ3n) is 3.91. The van der Waals surface area contributed by atoms with Crippen molar-refractivity contribution in [1.29, 1.82) is 0 Å². The van der Waals surface area contributed by atoms with Gasteiger partial charge in [-0.1, -0.05) is 23.1 Å². The van der Waals surface area contributed by atoms with Crippen molar-refractivity contribution in [3.63, 3.8) is 0 Å². The van der Waals surface area contributed by atoms with E-state index in [1.807, 2.05) is 4.90 Å². The summed E-state index contributed by atoms with van der Waals surface area (Å²) in [7, 11) is 0. The average Bonchev–Trinajstić information content (AvgIpc) is 3.01. The number of amides is 1. The van der Waals surface area contributed by atoms with Gasteiger partial charge >= 0.3 is 6.18 Å². The largest absolute Gasteiger partial charge is 0.417 e. The van der Waals surface area contributed by atoms with Gasteiger partial charge in [0, 0.05) is 32.4 Å². The molecule has 2 aromatic rings. The highest BCUT2D eigenvalue weighted by atomic mass is 32.2. The van der Waals surface area contributed by atoms with Gasteiger partial charge in [0.25, 0.3) is 0 Å². The zero-order valence-electron chi connectivity index (χ0n) is 13.6.